The molecule has 0 bridgehead atoms. The zero-order valence-corrected chi connectivity index (χ0v) is 14.3. The largest absolute Gasteiger partial charge is 0.497 e. The lowest BCUT2D eigenvalue weighted by Crippen LogP contribution is -2.18. The van der Waals surface area contributed by atoms with Crippen molar-refractivity contribution in [1.82, 2.24) is 4.98 Å². The monoisotopic (exact) mass is 310 g/mol. The lowest BCUT2D eigenvalue weighted by molar-refractivity contribution is 0.413. The van der Waals surface area contributed by atoms with E-state index in [-0.39, 0.29) is 0 Å². The summed E-state index contributed by atoms with van der Waals surface area (Å²) in [5.41, 5.74) is 4.05. The highest BCUT2D eigenvalue weighted by Gasteiger charge is 2.28. The summed E-state index contributed by atoms with van der Waals surface area (Å²) in [4.78, 5) is 4.16. The number of nitrogens with zero attached hydrogens (tertiary/aromatic N) is 1. The Morgan fingerprint density at radius 1 is 1.26 bits per heavy atom. The number of aromatic nitrogens is 1. The van der Waals surface area contributed by atoms with Crippen molar-refractivity contribution in [2.75, 3.05) is 12.4 Å². The van der Waals surface area contributed by atoms with Crippen molar-refractivity contribution in [3.05, 3.63) is 53.9 Å². The molecular weight excluding hydrogens is 284 g/mol. The molecule has 1 heterocycles. The van der Waals surface area contributed by atoms with E-state index in [1.165, 1.54) is 24.0 Å². The molecule has 3 heteroatoms. The Hall–Kier alpha value is -2.03. The van der Waals surface area contributed by atoms with Crippen LogP contribution in [-0.2, 0) is 0 Å². The maximum atomic E-state index is 5.44. The molecule has 1 saturated carbocycles. The van der Waals surface area contributed by atoms with Gasteiger partial charge >= 0.3 is 0 Å². The van der Waals surface area contributed by atoms with Crippen LogP contribution in [0.25, 0.3) is 0 Å². The first-order chi connectivity index (χ1) is 11.2. The highest BCUT2D eigenvalue weighted by Crippen LogP contribution is 2.44. The van der Waals surface area contributed by atoms with Crippen molar-refractivity contribution >= 4 is 5.69 Å². The third kappa shape index (κ3) is 4.04. The fourth-order valence-electron chi connectivity index (χ4n) is 3.32. The minimum absolute atomic E-state index is 0.396. The SMILES string of the molecule is COc1ccc(C2CC2)c(C(C)CC(C)Nc2cccnc2)c1. The molecule has 3 rings (SSSR count). The van der Waals surface area contributed by atoms with Gasteiger partial charge in [-0.15, -0.1) is 0 Å². The molecule has 1 aliphatic carbocycles. The lowest BCUT2D eigenvalue weighted by atomic mass is 9.88. The zero-order chi connectivity index (χ0) is 16.2. The fourth-order valence-corrected chi connectivity index (χ4v) is 3.32. The van der Waals surface area contributed by atoms with Crippen LogP contribution >= 0.6 is 0 Å². The number of nitrogens with one attached hydrogen (secondary N) is 1. The van der Waals surface area contributed by atoms with Crippen LogP contribution in [0.2, 0.25) is 0 Å². The van der Waals surface area contributed by atoms with Crippen molar-refractivity contribution in [2.24, 2.45) is 0 Å². The van der Waals surface area contributed by atoms with Crippen molar-refractivity contribution in [3.8, 4) is 5.75 Å². The van der Waals surface area contributed by atoms with E-state index in [1.54, 1.807) is 13.3 Å². The molecule has 1 aliphatic rings. The minimum Gasteiger partial charge on any atom is -0.497 e. The minimum atomic E-state index is 0.396. The summed E-state index contributed by atoms with van der Waals surface area (Å²) < 4.78 is 5.44. The maximum Gasteiger partial charge on any atom is 0.119 e. The molecule has 2 aromatic rings. The number of anilines is 1. The van der Waals surface area contributed by atoms with Crippen LogP contribution in [0.15, 0.2) is 42.7 Å². The van der Waals surface area contributed by atoms with Crippen LogP contribution in [0, 0.1) is 0 Å². The van der Waals surface area contributed by atoms with Gasteiger partial charge in [0, 0.05) is 18.4 Å². The van der Waals surface area contributed by atoms with Crippen LogP contribution in [0.4, 0.5) is 5.69 Å². The van der Waals surface area contributed by atoms with Crippen LogP contribution in [0.1, 0.15) is 56.1 Å². The molecule has 0 radical (unpaired) electrons. The molecule has 122 valence electrons. The number of benzene rings is 1. The molecule has 0 amide bonds. The summed E-state index contributed by atoms with van der Waals surface area (Å²) >= 11 is 0. The van der Waals surface area contributed by atoms with Crippen molar-refractivity contribution < 1.29 is 4.74 Å². The maximum absolute atomic E-state index is 5.44. The van der Waals surface area contributed by atoms with Crippen LogP contribution < -0.4 is 10.1 Å². The summed E-state index contributed by atoms with van der Waals surface area (Å²) in [6.07, 6.45) is 7.42. The summed E-state index contributed by atoms with van der Waals surface area (Å²) in [6, 6.07) is 11.0. The van der Waals surface area contributed by atoms with Crippen molar-refractivity contribution in [2.45, 2.75) is 51.0 Å². The van der Waals surface area contributed by atoms with Gasteiger partial charge in [-0.05, 0) is 73.4 Å². The molecule has 1 fully saturated rings. The lowest BCUT2D eigenvalue weighted by Gasteiger charge is -2.22. The average Bonchev–Trinajstić information content (AvgIpc) is 3.40. The number of ether oxygens (including phenoxy) is 1. The van der Waals surface area contributed by atoms with Gasteiger partial charge in [-0.3, -0.25) is 4.98 Å². The van der Waals surface area contributed by atoms with Gasteiger partial charge in [-0.2, -0.15) is 0 Å². The molecule has 0 spiro atoms. The standard InChI is InChI=1S/C20H26N2O/c1-14(11-15(2)22-17-5-4-10-21-13-17)20-12-18(23-3)8-9-19(20)16-6-7-16/h4-5,8-10,12-16,22H,6-7,11H2,1-3H3. The van der Waals surface area contributed by atoms with E-state index in [0.29, 0.717) is 12.0 Å². The quantitative estimate of drug-likeness (QED) is 0.784. The van der Waals surface area contributed by atoms with E-state index in [1.807, 2.05) is 12.3 Å². The first-order valence-electron chi connectivity index (χ1n) is 8.51. The second-order valence-electron chi connectivity index (χ2n) is 6.69. The zero-order valence-electron chi connectivity index (χ0n) is 14.3. The van der Waals surface area contributed by atoms with Gasteiger partial charge < -0.3 is 10.1 Å². The molecule has 0 aliphatic heterocycles. The summed E-state index contributed by atoms with van der Waals surface area (Å²) in [7, 11) is 1.74. The fraction of sp³-hybridized carbons (Fsp3) is 0.450. The molecule has 23 heavy (non-hydrogen) atoms. The first kappa shape index (κ1) is 15.9. The van der Waals surface area contributed by atoms with Gasteiger partial charge in [-0.1, -0.05) is 13.0 Å². The van der Waals surface area contributed by atoms with E-state index in [9.17, 15) is 0 Å². The van der Waals surface area contributed by atoms with Gasteiger partial charge in [0.2, 0.25) is 0 Å². The highest BCUT2D eigenvalue weighted by atomic mass is 16.5. The summed E-state index contributed by atoms with van der Waals surface area (Å²) in [5, 5.41) is 3.54. The highest BCUT2D eigenvalue weighted by molar-refractivity contribution is 5.43. The molecule has 1 N–H and O–H groups in total. The Morgan fingerprint density at radius 2 is 2.09 bits per heavy atom. The second kappa shape index (κ2) is 7.03. The average molecular weight is 310 g/mol. The number of hydrogen-bond donors (Lipinski definition) is 1. The normalized spacial score (nSPS) is 16.7. The molecule has 3 nitrogen and oxygen atoms in total. The van der Waals surface area contributed by atoms with Crippen molar-refractivity contribution in [1.29, 1.82) is 0 Å². The smallest absolute Gasteiger partial charge is 0.119 e. The number of methoxy groups -OCH3 is 1. The van der Waals surface area contributed by atoms with E-state index < -0.39 is 0 Å². The Bertz CT molecular complexity index is 637. The predicted molar refractivity (Wildman–Crippen MR) is 95.3 cm³/mol. The Labute approximate surface area is 139 Å². The van der Waals surface area contributed by atoms with Gasteiger partial charge in [-0.25, -0.2) is 0 Å². The van der Waals surface area contributed by atoms with Gasteiger partial charge in [0.1, 0.15) is 5.75 Å². The molecular formula is C20H26N2O. The number of hydrogen-bond acceptors (Lipinski definition) is 3. The topological polar surface area (TPSA) is 34.1 Å². The Kier molecular flexibility index (Phi) is 4.85. The van der Waals surface area contributed by atoms with Gasteiger partial charge in [0.15, 0.2) is 0 Å². The molecule has 1 aromatic carbocycles. The van der Waals surface area contributed by atoms with Crippen LogP contribution in [0.5, 0.6) is 5.75 Å². The van der Waals surface area contributed by atoms with E-state index in [2.05, 4.69) is 48.4 Å². The predicted octanol–water partition coefficient (Wildman–Crippen LogP) is 4.96. The summed E-state index contributed by atoms with van der Waals surface area (Å²) in [6.45, 7) is 4.56. The molecule has 2 atom stereocenters. The Balaban J connectivity index is 1.70. The summed E-state index contributed by atoms with van der Waals surface area (Å²) in [5.74, 6) is 2.23. The third-order valence-corrected chi connectivity index (χ3v) is 4.62. The number of rotatable bonds is 7. The number of pyridine rings is 1. The van der Waals surface area contributed by atoms with Crippen LogP contribution in [0.3, 0.4) is 0 Å². The molecule has 2 unspecified atom stereocenters. The van der Waals surface area contributed by atoms with Gasteiger partial charge in [0.25, 0.3) is 0 Å². The van der Waals surface area contributed by atoms with Gasteiger partial charge in [0.05, 0.1) is 12.8 Å². The molecule has 1 aromatic heterocycles. The van der Waals surface area contributed by atoms with Crippen LogP contribution in [-0.4, -0.2) is 18.1 Å². The van der Waals surface area contributed by atoms with E-state index in [4.69, 9.17) is 4.74 Å². The second-order valence-corrected chi connectivity index (χ2v) is 6.69. The Morgan fingerprint density at radius 3 is 2.74 bits per heavy atom. The third-order valence-electron chi connectivity index (χ3n) is 4.62. The van der Waals surface area contributed by atoms with E-state index in [0.717, 1.165) is 23.8 Å². The van der Waals surface area contributed by atoms with Crippen molar-refractivity contribution in [3.63, 3.8) is 0 Å². The van der Waals surface area contributed by atoms with E-state index >= 15 is 0 Å². The first-order valence-corrected chi connectivity index (χ1v) is 8.51. The molecule has 0 saturated heterocycles.